The molecule has 0 radical (unpaired) electrons. The van der Waals surface area contributed by atoms with Gasteiger partial charge >= 0.3 is 0 Å². The molecule has 1 aromatic heterocycles. The molecule has 1 aliphatic rings. The molecular formula is C21H27ClN4OS. The topological polar surface area (TPSA) is 40.6 Å². The first kappa shape index (κ1) is 21.0. The first-order chi connectivity index (χ1) is 13.6. The molecular weight excluding hydrogens is 392 g/mol. The highest BCUT2D eigenvalue weighted by atomic mass is 35.5. The Labute approximate surface area is 177 Å². The number of benzene rings is 1. The van der Waals surface area contributed by atoms with Crippen molar-refractivity contribution in [1.29, 1.82) is 0 Å². The van der Waals surface area contributed by atoms with Gasteiger partial charge in [0, 0.05) is 45.1 Å². The number of aryl methyl sites for hydroxylation is 1. The first-order valence-corrected chi connectivity index (χ1v) is 10.4. The fourth-order valence-corrected chi connectivity index (χ4v) is 3.74. The van der Waals surface area contributed by atoms with E-state index in [2.05, 4.69) is 26.2 Å². The average molecular weight is 419 g/mol. The molecule has 7 heteroatoms. The number of nitrogens with zero attached hydrogens (tertiary/aromatic N) is 3. The van der Waals surface area contributed by atoms with Crippen LogP contribution in [0.25, 0.3) is 0 Å². The highest BCUT2D eigenvalue weighted by Crippen LogP contribution is 2.23. The van der Waals surface area contributed by atoms with E-state index in [1.54, 1.807) is 6.20 Å². The molecule has 0 atom stereocenters. The van der Waals surface area contributed by atoms with Gasteiger partial charge in [-0.05, 0) is 54.9 Å². The third-order valence-electron chi connectivity index (χ3n) is 4.76. The van der Waals surface area contributed by atoms with E-state index in [4.69, 9.17) is 28.6 Å². The molecule has 1 N–H and O–H groups in total. The summed E-state index contributed by atoms with van der Waals surface area (Å²) in [6.45, 7) is 8.30. The van der Waals surface area contributed by atoms with Gasteiger partial charge in [0.05, 0.1) is 23.9 Å². The monoisotopic (exact) mass is 418 g/mol. The number of hydrogen-bond donors (Lipinski definition) is 1. The first-order valence-electron chi connectivity index (χ1n) is 9.63. The lowest BCUT2D eigenvalue weighted by Crippen LogP contribution is -2.40. The molecule has 1 aliphatic heterocycles. The van der Waals surface area contributed by atoms with Gasteiger partial charge in [-0.15, -0.1) is 0 Å². The number of thiocarbonyl (C=S) groups is 1. The smallest absolute Gasteiger partial charge is 0.173 e. The van der Waals surface area contributed by atoms with Crippen molar-refractivity contribution in [2.45, 2.75) is 19.9 Å². The van der Waals surface area contributed by atoms with Crippen LogP contribution in [0.5, 0.6) is 0 Å². The average Bonchev–Trinajstić information content (AvgIpc) is 2.71. The second-order valence-corrected chi connectivity index (χ2v) is 7.80. The molecule has 2 aromatic rings. The number of nitrogens with one attached hydrogen (secondary N) is 1. The van der Waals surface area contributed by atoms with Crippen LogP contribution in [0.15, 0.2) is 42.7 Å². The summed E-state index contributed by atoms with van der Waals surface area (Å²) in [7, 11) is 0. The summed E-state index contributed by atoms with van der Waals surface area (Å²) in [6, 6.07) is 9.97. The van der Waals surface area contributed by atoms with Crippen LogP contribution in [-0.2, 0) is 11.3 Å². The van der Waals surface area contributed by atoms with E-state index < -0.39 is 0 Å². The predicted octanol–water partition coefficient (Wildman–Crippen LogP) is 3.96. The van der Waals surface area contributed by atoms with Gasteiger partial charge < -0.3 is 15.0 Å². The Hall–Kier alpha value is -1.73. The van der Waals surface area contributed by atoms with Crippen LogP contribution >= 0.6 is 23.8 Å². The molecule has 0 unspecified atom stereocenters. The van der Waals surface area contributed by atoms with Crippen LogP contribution in [0.4, 0.5) is 5.69 Å². The minimum atomic E-state index is 0.677. The van der Waals surface area contributed by atoms with Crippen LogP contribution in [-0.4, -0.2) is 59.3 Å². The van der Waals surface area contributed by atoms with E-state index in [0.29, 0.717) is 16.7 Å². The van der Waals surface area contributed by atoms with E-state index in [0.717, 1.165) is 62.6 Å². The minimum absolute atomic E-state index is 0.677. The zero-order valence-corrected chi connectivity index (χ0v) is 17.8. The number of anilines is 1. The molecule has 0 saturated carbocycles. The maximum absolute atomic E-state index is 6.38. The van der Waals surface area contributed by atoms with Crippen molar-refractivity contribution < 1.29 is 4.74 Å². The van der Waals surface area contributed by atoms with Gasteiger partial charge in [-0.2, -0.15) is 0 Å². The fraction of sp³-hybridized carbons (Fsp3) is 0.429. The normalized spacial score (nSPS) is 14.6. The summed E-state index contributed by atoms with van der Waals surface area (Å²) in [5.41, 5.74) is 3.09. The van der Waals surface area contributed by atoms with Crippen molar-refractivity contribution in [2.24, 2.45) is 0 Å². The third-order valence-corrected chi connectivity index (χ3v) is 5.43. The Morgan fingerprint density at radius 3 is 2.86 bits per heavy atom. The lowest BCUT2D eigenvalue weighted by Gasteiger charge is -2.29. The predicted molar refractivity (Wildman–Crippen MR) is 119 cm³/mol. The lowest BCUT2D eigenvalue weighted by atomic mass is 10.2. The van der Waals surface area contributed by atoms with Crippen molar-refractivity contribution >= 4 is 34.6 Å². The molecule has 5 nitrogen and oxygen atoms in total. The van der Waals surface area contributed by atoms with E-state index in [1.165, 1.54) is 0 Å². The molecule has 0 spiro atoms. The van der Waals surface area contributed by atoms with Crippen LogP contribution in [0.1, 0.15) is 17.5 Å². The molecule has 150 valence electrons. The molecule has 1 fully saturated rings. The molecule has 1 saturated heterocycles. The number of hydrogen-bond acceptors (Lipinski definition) is 4. The summed E-state index contributed by atoms with van der Waals surface area (Å²) >= 11 is 12.1. The molecule has 28 heavy (non-hydrogen) atoms. The molecule has 1 aromatic carbocycles. The van der Waals surface area contributed by atoms with Crippen LogP contribution in [0.2, 0.25) is 5.02 Å². The quantitative estimate of drug-likeness (QED) is 0.686. The largest absolute Gasteiger partial charge is 0.379 e. The molecule has 0 aliphatic carbocycles. The lowest BCUT2D eigenvalue weighted by molar-refractivity contribution is 0.0368. The molecule has 2 heterocycles. The summed E-state index contributed by atoms with van der Waals surface area (Å²) in [6.07, 6.45) is 4.70. The third kappa shape index (κ3) is 6.41. The molecule has 0 amide bonds. The Kier molecular flexibility index (Phi) is 8.03. The minimum Gasteiger partial charge on any atom is -0.379 e. The number of aromatic nitrogens is 1. The van der Waals surface area contributed by atoms with Crippen LogP contribution in [0.3, 0.4) is 0 Å². The van der Waals surface area contributed by atoms with E-state index in [-0.39, 0.29) is 0 Å². The Balaban J connectivity index is 1.62. The van der Waals surface area contributed by atoms with Crippen molar-refractivity contribution in [1.82, 2.24) is 14.8 Å². The standard InChI is InChI=1S/C21H27ClN4OS/c1-17-5-6-20(19(22)14-17)24-21(28)26(16-18-4-2-7-23-15-18)9-3-8-25-10-12-27-13-11-25/h2,4-7,14-15H,3,8-13,16H2,1H3,(H,24,28). The second kappa shape index (κ2) is 10.7. The summed E-state index contributed by atoms with van der Waals surface area (Å²) in [5, 5.41) is 4.67. The zero-order chi connectivity index (χ0) is 19.8. The maximum Gasteiger partial charge on any atom is 0.173 e. The maximum atomic E-state index is 6.38. The molecule has 0 bridgehead atoms. The van der Waals surface area contributed by atoms with E-state index in [1.807, 2.05) is 37.4 Å². The molecule has 3 rings (SSSR count). The summed E-state index contributed by atoms with van der Waals surface area (Å²) in [5.74, 6) is 0. The van der Waals surface area contributed by atoms with Gasteiger partial charge in [0.1, 0.15) is 0 Å². The van der Waals surface area contributed by atoms with Crippen molar-refractivity contribution in [3.63, 3.8) is 0 Å². The van der Waals surface area contributed by atoms with Crippen LogP contribution < -0.4 is 5.32 Å². The second-order valence-electron chi connectivity index (χ2n) is 7.00. The van der Waals surface area contributed by atoms with Gasteiger partial charge in [0.15, 0.2) is 5.11 Å². The van der Waals surface area contributed by atoms with Crippen molar-refractivity contribution in [2.75, 3.05) is 44.7 Å². The number of morpholine rings is 1. The number of halogens is 1. The van der Waals surface area contributed by atoms with Crippen molar-refractivity contribution in [3.8, 4) is 0 Å². The summed E-state index contributed by atoms with van der Waals surface area (Å²) < 4.78 is 5.43. The Bertz CT molecular complexity index is 768. The zero-order valence-electron chi connectivity index (χ0n) is 16.2. The highest BCUT2D eigenvalue weighted by molar-refractivity contribution is 7.80. The van der Waals surface area contributed by atoms with Gasteiger partial charge in [-0.1, -0.05) is 23.7 Å². The van der Waals surface area contributed by atoms with Crippen molar-refractivity contribution in [3.05, 3.63) is 58.9 Å². The fourth-order valence-electron chi connectivity index (χ4n) is 3.19. The Morgan fingerprint density at radius 2 is 2.14 bits per heavy atom. The van der Waals surface area contributed by atoms with Gasteiger partial charge in [0.2, 0.25) is 0 Å². The SMILES string of the molecule is Cc1ccc(NC(=S)N(CCCN2CCOCC2)Cc2cccnc2)c(Cl)c1. The Morgan fingerprint density at radius 1 is 1.32 bits per heavy atom. The highest BCUT2D eigenvalue weighted by Gasteiger charge is 2.14. The van der Waals surface area contributed by atoms with Gasteiger partial charge in [-0.3, -0.25) is 9.88 Å². The van der Waals surface area contributed by atoms with Gasteiger partial charge in [0.25, 0.3) is 0 Å². The van der Waals surface area contributed by atoms with E-state index in [9.17, 15) is 0 Å². The number of rotatable bonds is 7. The summed E-state index contributed by atoms with van der Waals surface area (Å²) in [4.78, 5) is 8.85. The van der Waals surface area contributed by atoms with E-state index >= 15 is 0 Å². The van der Waals surface area contributed by atoms with Gasteiger partial charge in [-0.25, -0.2) is 0 Å². The number of pyridine rings is 1. The number of ether oxygens (including phenoxy) is 1. The van der Waals surface area contributed by atoms with Crippen LogP contribution in [0, 0.1) is 6.92 Å².